The molecular formula is C18H25N3O3. The van der Waals surface area contributed by atoms with Gasteiger partial charge in [0.05, 0.1) is 13.1 Å². The van der Waals surface area contributed by atoms with Crippen molar-refractivity contribution >= 4 is 11.9 Å². The Kier molecular flexibility index (Phi) is 6.66. The second-order valence-corrected chi connectivity index (χ2v) is 5.64. The first-order valence-corrected chi connectivity index (χ1v) is 8.29. The van der Waals surface area contributed by atoms with E-state index in [0.717, 1.165) is 16.9 Å². The zero-order valence-electron chi connectivity index (χ0n) is 14.1. The molecule has 2 rings (SSSR count). The van der Waals surface area contributed by atoms with E-state index in [1.807, 2.05) is 25.1 Å². The van der Waals surface area contributed by atoms with Crippen LogP contribution in [0.25, 0.3) is 0 Å². The van der Waals surface area contributed by atoms with E-state index in [1.165, 1.54) is 0 Å². The Labute approximate surface area is 142 Å². The van der Waals surface area contributed by atoms with Crippen LogP contribution in [0.15, 0.2) is 30.9 Å². The molecular weight excluding hydrogens is 306 g/mol. The lowest BCUT2D eigenvalue weighted by molar-refractivity contribution is -0.120. The van der Waals surface area contributed by atoms with Gasteiger partial charge < -0.3 is 20.3 Å². The van der Waals surface area contributed by atoms with E-state index < -0.39 is 0 Å². The summed E-state index contributed by atoms with van der Waals surface area (Å²) in [7, 11) is 0. The largest absolute Gasteiger partial charge is 0.491 e. The van der Waals surface area contributed by atoms with Crippen molar-refractivity contribution in [3.8, 4) is 5.75 Å². The normalized spacial score (nSPS) is 13.3. The second-order valence-electron chi connectivity index (χ2n) is 5.64. The summed E-state index contributed by atoms with van der Waals surface area (Å²) in [6.45, 7) is 8.11. The van der Waals surface area contributed by atoms with Crippen molar-refractivity contribution in [1.29, 1.82) is 0 Å². The molecule has 1 aromatic rings. The Hall–Kier alpha value is -2.50. The number of carbonyl (C=O) groups is 2. The molecule has 2 N–H and O–H groups in total. The molecule has 0 saturated carbocycles. The van der Waals surface area contributed by atoms with Gasteiger partial charge in [0.25, 0.3) is 0 Å². The Balaban J connectivity index is 2.01. The Morgan fingerprint density at radius 3 is 2.96 bits per heavy atom. The zero-order valence-corrected chi connectivity index (χ0v) is 14.1. The molecule has 0 radical (unpaired) electrons. The molecule has 0 saturated heterocycles. The van der Waals surface area contributed by atoms with Crippen LogP contribution in [0.1, 0.15) is 24.5 Å². The highest BCUT2D eigenvalue weighted by atomic mass is 16.5. The molecule has 6 nitrogen and oxygen atoms in total. The fourth-order valence-electron chi connectivity index (χ4n) is 2.57. The van der Waals surface area contributed by atoms with Crippen LogP contribution in [0, 0.1) is 0 Å². The predicted molar refractivity (Wildman–Crippen MR) is 92.9 cm³/mol. The van der Waals surface area contributed by atoms with Crippen LogP contribution in [0.4, 0.5) is 4.79 Å². The van der Waals surface area contributed by atoms with Gasteiger partial charge in [-0.2, -0.15) is 0 Å². The molecule has 1 aliphatic rings. The van der Waals surface area contributed by atoms with Gasteiger partial charge in [-0.25, -0.2) is 4.79 Å². The number of nitrogens with zero attached hydrogens (tertiary/aromatic N) is 1. The maximum atomic E-state index is 12.1. The number of fused-ring (bicyclic) bond motifs is 1. The molecule has 0 spiro atoms. The lowest BCUT2D eigenvalue weighted by Gasteiger charge is -2.20. The lowest BCUT2D eigenvalue weighted by Crippen LogP contribution is -2.40. The molecule has 0 bridgehead atoms. The van der Waals surface area contributed by atoms with Gasteiger partial charge >= 0.3 is 6.03 Å². The van der Waals surface area contributed by atoms with Gasteiger partial charge in [-0.3, -0.25) is 4.79 Å². The molecule has 0 aromatic heterocycles. The number of aryl methyl sites for hydroxylation is 1. The topological polar surface area (TPSA) is 70.7 Å². The third-order valence-corrected chi connectivity index (χ3v) is 3.80. The summed E-state index contributed by atoms with van der Waals surface area (Å²) in [5.74, 6) is 0.812. The standard InChI is InChI=1S/C18H25N3O3/c1-3-9-20-17(22)8-6-14-5-7-16-15(12-14)13-21(10-11-24-16)18(23)19-4-2/h3,5,7,12H,1,4,6,8-11,13H2,2H3,(H,19,23)(H,20,22). The first-order valence-electron chi connectivity index (χ1n) is 8.29. The highest BCUT2D eigenvalue weighted by Crippen LogP contribution is 2.25. The van der Waals surface area contributed by atoms with Gasteiger partial charge in [0.1, 0.15) is 12.4 Å². The molecule has 0 unspecified atom stereocenters. The number of nitrogens with one attached hydrogen (secondary N) is 2. The van der Waals surface area contributed by atoms with Crippen LogP contribution in [0.2, 0.25) is 0 Å². The zero-order chi connectivity index (χ0) is 17.4. The highest BCUT2D eigenvalue weighted by Gasteiger charge is 2.19. The van der Waals surface area contributed by atoms with Crippen molar-refractivity contribution in [2.45, 2.75) is 26.3 Å². The van der Waals surface area contributed by atoms with Gasteiger partial charge in [0.15, 0.2) is 0 Å². The van der Waals surface area contributed by atoms with Crippen molar-refractivity contribution < 1.29 is 14.3 Å². The van der Waals surface area contributed by atoms with Crippen LogP contribution in [-0.4, -0.2) is 43.1 Å². The van der Waals surface area contributed by atoms with Crippen molar-refractivity contribution in [2.75, 3.05) is 26.2 Å². The van der Waals surface area contributed by atoms with Crippen LogP contribution >= 0.6 is 0 Å². The molecule has 0 fully saturated rings. The van der Waals surface area contributed by atoms with Gasteiger partial charge in [0.2, 0.25) is 5.91 Å². The molecule has 0 aliphatic carbocycles. The number of hydrogen-bond donors (Lipinski definition) is 2. The summed E-state index contributed by atoms with van der Waals surface area (Å²) in [6, 6.07) is 5.84. The number of ether oxygens (including phenoxy) is 1. The molecule has 1 aromatic carbocycles. The molecule has 1 heterocycles. The summed E-state index contributed by atoms with van der Waals surface area (Å²) in [5.41, 5.74) is 2.03. The summed E-state index contributed by atoms with van der Waals surface area (Å²) in [5, 5.41) is 5.59. The van der Waals surface area contributed by atoms with Gasteiger partial charge in [-0.15, -0.1) is 6.58 Å². The quantitative estimate of drug-likeness (QED) is 0.782. The van der Waals surface area contributed by atoms with Crippen LogP contribution < -0.4 is 15.4 Å². The average Bonchev–Trinajstić information content (AvgIpc) is 2.80. The fourth-order valence-corrected chi connectivity index (χ4v) is 2.57. The number of rotatable bonds is 6. The number of benzene rings is 1. The van der Waals surface area contributed by atoms with E-state index in [0.29, 0.717) is 45.6 Å². The Morgan fingerprint density at radius 2 is 2.21 bits per heavy atom. The van der Waals surface area contributed by atoms with Crippen LogP contribution in [-0.2, 0) is 17.8 Å². The SMILES string of the molecule is C=CCNC(=O)CCc1ccc2c(c1)CN(C(=O)NCC)CCO2. The third-order valence-electron chi connectivity index (χ3n) is 3.80. The van der Waals surface area contributed by atoms with E-state index in [2.05, 4.69) is 17.2 Å². The van der Waals surface area contributed by atoms with Gasteiger partial charge in [0, 0.05) is 25.1 Å². The van der Waals surface area contributed by atoms with Crippen molar-refractivity contribution in [3.63, 3.8) is 0 Å². The monoisotopic (exact) mass is 331 g/mol. The smallest absolute Gasteiger partial charge is 0.317 e. The maximum Gasteiger partial charge on any atom is 0.317 e. The molecule has 24 heavy (non-hydrogen) atoms. The number of carbonyl (C=O) groups excluding carboxylic acids is 2. The fraction of sp³-hybridized carbons (Fsp3) is 0.444. The minimum absolute atomic E-state index is 0.00467. The predicted octanol–water partition coefficient (Wildman–Crippen LogP) is 1.85. The summed E-state index contributed by atoms with van der Waals surface area (Å²) in [4.78, 5) is 25.5. The van der Waals surface area contributed by atoms with Gasteiger partial charge in [-0.05, 0) is 25.0 Å². The first-order chi connectivity index (χ1) is 11.6. The number of amides is 3. The molecule has 130 valence electrons. The van der Waals surface area contributed by atoms with Crippen molar-refractivity contribution in [3.05, 3.63) is 42.0 Å². The average molecular weight is 331 g/mol. The number of hydrogen-bond acceptors (Lipinski definition) is 3. The highest BCUT2D eigenvalue weighted by molar-refractivity contribution is 5.76. The second kappa shape index (κ2) is 8.96. The van der Waals surface area contributed by atoms with E-state index >= 15 is 0 Å². The maximum absolute atomic E-state index is 12.1. The molecule has 3 amide bonds. The Bertz CT molecular complexity index is 601. The van der Waals surface area contributed by atoms with Gasteiger partial charge in [-0.1, -0.05) is 18.2 Å². The Morgan fingerprint density at radius 1 is 1.38 bits per heavy atom. The summed E-state index contributed by atoms with van der Waals surface area (Å²) in [6.07, 6.45) is 2.73. The summed E-state index contributed by atoms with van der Waals surface area (Å²) >= 11 is 0. The lowest BCUT2D eigenvalue weighted by atomic mass is 10.0. The minimum Gasteiger partial charge on any atom is -0.491 e. The number of urea groups is 1. The van der Waals surface area contributed by atoms with E-state index in [-0.39, 0.29) is 11.9 Å². The first kappa shape index (κ1) is 17.8. The van der Waals surface area contributed by atoms with E-state index in [9.17, 15) is 9.59 Å². The molecule has 1 aliphatic heterocycles. The van der Waals surface area contributed by atoms with E-state index in [4.69, 9.17) is 4.74 Å². The van der Waals surface area contributed by atoms with E-state index in [1.54, 1.807) is 11.0 Å². The van der Waals surface area contributed by atoms with Crippen molar-refractivity contribution in [2.24, 2.45) is 0 Å². The van der Waals surface area contributed by atoms with Crippen molar-refractivity contribution in [1.82, 2.24) is 15.5 Å². The van der Waals surface area contributed by atoms with Crippen LogP contribution in [0.5, 0.6) is 5.75 Å². The third kappa shape index (κ3) is 5.01. The van der Waals surface area contributed by atoms with Crippen LogP contribution in [0.3, 0.4) is 0 Å². The minimum atomic E-state index is -0.0804. The molecule has 6 heteroatoms. The summed E-state index contributed by atoms with van der Waals surface area (Å²) < 4.78 is 5.73. The molecule has 0 atom stereocenters.